The molecule has 0 saturated heterocycles. The monoisotopic (exact) mass is 199 g/mol. The Morgan fingerprint density at radius 2 is 1.69 bits per heavy atom. The van der Waals surface area contributed by atoms with E-state index < -0.39 is 17.8 Å². The molecule has 0 atom stereocenters. The van der Waals surface area contributed by atoms with Gasteiger partial charge in [-0.2, -0.15) is 8.78 Å². The molecular formula is C8H13F4N. The normalized spacial score (nSPS) is 22.6. The summed E-state index contributed by atoms with van der Waals surface area (Å²) < 4.78 is 50.3. The fraction of sp³-hybridized carbons (Fsp3) is 1.00. The zero-order chi connectivity index (χ0) is 10.1. The van der Waals surface area contributed by atoms with Crippen LogP contribution >= 0.6 is 0 Å². The smallest absolute Gasteiger partial charge is 0.314 e. The molecule has 0 unspecified atom stereocenters. The maximum Gasteiger partial charge on any atom is 0.314 e. The molecule has 1 aliphatic carbocycles. The molecule has 0 amide bonds. The van der Waals surface area contributed by atoms with E-state index in [-0.39, 0.29) is 19.4 Å². The van der Waals surface area contributed by atoms with Crippen LogP contribution in [0.5, 0.6) is 0 Å². The van der Waals surface area contributed by atoms with Crippen molar-refractivity contribution in [3.8, 4) is 0 Å². The Morgan fingerprint density at radius 3 is 2.00 bits per heavy atom. The number of halogens is 4. The van der Waals surface area contributed by atoms with Crippen molar-refractivity contribution in [3.05, 3.63) is 0 Å². The highest BCUT2D eigenvalue weighted by atomic mass is 19.3. The van der Waals surface area contributed by atoms with Gasteiger partial charge in [-0.15, -0.1) is 0 Å². The first kappa shape index (κ1) is 10.8. The highest BCUT2D eigenvalue weighted by Crippen LogP contribution is 2.51. The highest BCUT2D eigenvalue weighted by molar-refractivity contribution is 4.98. The van der Waals surface area contributed by atoms with E-state index in [1.165, 1.54) is 0 Å². The predicted octanol–water partition coefficient (Wildman–Crippen LogP) is 2.41. The number of nitrogens with two attached hydrogens (primary N) is 1. The first-order chi connectivity index (χ1) is 5.96. The molecule has 1 fully saturated rings. The van der Waals surface area contributed by atoms with E-state index >= 15 is 0 Å². The summed E-state index contributed by atoms with van der Waals surface area (Å²) in [6, 6.07) is 0. The first-order valence-electron chi connectivity index (χ1n) is 4.32. The standard InChI is InChI=1S/C8H13F4N/c9-6(10)8(11,12)7(5-13)3-1-2-4-7/h6H,1-5,13H2. The molecular weight excluding hydrogens is 186 g/mol. The molecule has 13 heavy (non-hydrogen) atoms. The van der Waals surface area contributed by atoms with Crippen LogP contribution in [0.25, 0.3) is 0 Å². The van der Waals surface area contributed by atoms with Crippen LogP contribution in [-0.2, 0) is 0 Å². The molecule has 0 bridgehead atoms. The van der Waals surface area contributed by atoms with Crippen LogP contribution < -0.4 is 5.73 Å². The van der Waals surface area contributed by atoms with E-state index in [9.17, 15) is 17.6 Å². The lowest BCUT2D eigenvalue weighted by molar-refractivity contribution is -0.203. The number of hydrogen-bond donors (Lipinski definition) is 1. The second kappa shape index (κ2) is 3.44. The third-order valence-electron chi connectivity index (χ3n) is 2.93. The second-order valence-corrected chi connectivity index (χ2v) is 3.62. The molecule has 78 valence electrons. The largest absolute Gasteiger partial charge is 0.330 e. The minimum absolute atomic E-state index is 0.112. The van der Waals surface area contributed by atoms with Gasteiger partial charge in [0.2, 0.25) is 0 Å². The molecule has 1 rings (SSSR count). The molecule has 1 aliphatic rings. The molecule has 0 radical (unpaired) electrons. The van der Waals surface area contributed by atoms with Gasteiger partial charge in [0.15, 0.2) is 0 Å². The van der Waals surface area contributed by atoms with E-state index in [1.54, 1.807) is 0 Å². The SMILES string of the molecule is NCC1(C(F)(F)C(F)F)CCCC1. The Kier molecular flexibility index (Phi) is 2.85. The Hall–Kier alpha value is -0.320. The zero-order valence-corrected chi connectivity index (χ0v) is 7.20. The van der Waals surface area contributed by atoms with Crippen molar-refractivity contribution in [2.75, 3.05) is 6.54 Å². The molecule has 0 aromatic carbocycles. The number of rotatable bonds is 3. The average Bonchev–Trinajstić information content (AvgIpc) is 2.53. The molecule has 1 nitrogen and oxygen atoms in total. The Morgan fingerprint density at radius 1 is 1.23 bits per heavy atom. The molecule has 0 aliphatic heterocycles. The van der Waals surface area contributed by atoms with Crippen LogP contribution in [0.1, 0.15) is 25.7 Å². The van der Waals surface area contributed by atoms with E-state index in [0.29, 0.717) is 12.8 Å². The third kappa shape index (κ3) is 1.54. The lowest BCUT2D eigenvalue weighted by Crippen LogP contribution is -2.49. The first-order valence-corrected chi connectivity index (χ1v) is 4.32. The lowest BCUT2D eigenvalue weighted by atomic mass is 9.79. The minimum Gasteiger partial charge on any atom is -0.330 e. The Balaban J connectivity index is 2.86. The summed E-state index contributed by atoms with van der Waals surface area (Å²) in [7, 11) is 0. The van der Waals surface area contributed by atoms with E-state index in [4.69, 9.17) is 5.73 Å². The molecule has 5 heteroatoms. The molecule has 2 N–H and O–H groups in total. The lowest BCUT2D eigenvalue weighted by Gasteiger charge is -2.35. The van der Waals surface area contributed by atoms with Gasteiger partial charge in [0.25, 0.3) is 0 Å². The fourth-order valence-corrected chi connectivity index (χ4v) is 1.96. The molecule has 0 spiro atoms. The Bertz CT molecular complexity index is 175. The Labute approximate surface area is 74.3 Å². The predicted molar refractivity (Wildman–Crippen MR) is 40.9 cm³/mol. The fourth-order valence-electron chi connectivity index (χ4n) is 1.96. The van der Waals surface area contributed by atoms with Gasteiger partial charge in [0, 0.05) is 6.54 Å². The van der Waals surface area contributed by atoms with Gasteiger partial charge in [-0.25, -0.2) is 8.78 Å². The van der Waals surface area contributed by atoms with E-state index in [2.05, 4.69) is 0 Å². The van der Waals surface area contributed by atoms with Gasteiger partial charge >= 0.3 is 12.3 Å². The van der Waals surface area contributed by atoms with Gasteiger partial charge < -0.3 is 5.73 Å². The zero-order valence-electron chi connectivity index (χ0n) is 7.20. The van der Waals surface area contributed by atoms with Crippen LogP contribution in [0.4, 0.5) is 17.6 Å². The van der Waals surface area contributed by atoms with Crippen molar-refractivity contribution >= 4 is 0 Å². The summed E-state index contributed by atoms with van der Waals surface area (Å²) in [5.41, 5.74) is 3.53. The van der Waals surface area contributed by atoms with Crippen molar-refractivity contribution in [2.45, 2.75) is 38.0 Å². The third-order valence-corrected chi connectivity index (χ3v) is 2.93. The van der Waals surface area contributed by atoms with Crippen molar-refractivity contribution in [3.63, 3.8) is 0 Å². The van der Waals surface area contributed by atoms with Crippen LogP contribution in [0.3, 0.4) is 0 Å². The minimum atomic E-state index is -3.93. The van der Waals surface area contributed by atoms with Crippen molar-refractivity contribution < 1.29 is 17.6 Å². The summed E-state index contributed by atoms with van der Waals surface area (Å²) >= 11 is 0. The molecule has 1 saturated carbocycles. The van der Waals surface area contributed by atoms with E-state index in [0.717, 1.165) is 0 Å². The van der Waals surface area contributed by atoms with Gasteiger partial charge in [-0.05, 0) is 12.8 Å². The summed E-state index contributed by atoms with van der Waals surface area (Å²) in [4.78, 5) is 0. The maximum atomic E-state index is 13.1. The quantitative estimate of drug-likeness (QED) is 0.694. The van der Waals surface area contributed by atoms with Gasteiger partial charge in [0.1, 0.15) is 0 Å². The van der Waals surface area contributed by atoms with E-state index in [1.807, 2.05) is 0 Å². The van der Waals surface area contributed by atoms with Crippen molar-refractivity contribution in [1.82, 2.24) is 0 Å². The number of alkyl halides is 4. The van der Waals surface area contributed by atoms with Gasteiger partial charge in [-0.3, -0.25) is 0 Å². The average molecular weight is 199 g/mol. The van der Waals surface area contributed by atoms with Crippen LogP contribution in [0, 0.1) is 5.41 Å². The summed E-state index contributed by atoms with van der Waals surface area (Å²) in [6.07, 6.45) is -2.24. The molecule has 0 heterocycles. The summed E-state index contributed by atoms with van der Waals surface area (Å²) in [6.45, 7) is -0.357. The van der Waals surface area contributed by atoms with Crippen LogP contribution in [-0.4, -0.2) is 18.9 Å². The molecule has 0 aromatic rings. The molecule has 0 aromatic heterocycles. The number of hydrogen-bond acceptors (Lipinski definition) is 1. The van der Waals surface area contributed by atoms with Crippen molar-refractivity contribution in [1.29, 1.82) is 0 Å². The highest BCUT2D eigenvalue weighted by Gasteiger charge is 2.59. The summed E-state index contributed by atoms with van der Waals surface area (Å²) in [5.74, 6) is -3.93. The van der Waals surface area contributed by atoms with Crippen LogP contribution in [0.15, 0.2) is 0 Å². The van der Waals surface area contributed by atoms with Crippen LogP contribution in [0.2, 0.25) is 0 Å². The maximum absolute atomic E-state index is 13.1. The summed E-state index contributed by atoms with van der Waals surface area (Å²) in [5, 5.41) is 0. The second-order valence-electron chi connectivity index (χ2n) is 3.62. The van der Waals surface area contributed by atoms with Gasteiger partial charge in [0.05, 0.1) is 5.41 Å². The van der Waals surface area contributed by atoms with Gasteiger partial charge in [-0.1, -0.05) is 12.8 Å². The topological polar surface area (TPSA) is 26.0 Å². The van der Waals surface area contributed by atoms with Crippen molar-refractivity contribution in [2.24, 2.45) is 11.1 Å².